The number of hydrogen-bond acceptors (Lipinski definition) is 6. The van der Waals surface area contributed by atoms with Crippen LogP contribution in [0.25, 0.3) is 0 Å². The molecular formula is C20H31BN4O3. The van der Waals surface area contributed by atoms with E-state index in [1.54, 1.807) is 6.92 Å². The SMILES string of the molecule is CC(=O)N1CCCC(N(c2ncc(B3OC(C)(C)C(C)(C)O3)cn2)C2CC2)C1. The minimum Gasteiger partial charge on any atom is -0.399 e. The van der Waals surface area contributed by atoms with E-state index < -0.39 is 7.12 Å². The quantitative estimate of drug-likeness (QED) is 0.735. The molecule has 8 heteroatoms. The topological polar surface area (TPSA) is 67.8 Å². The first-order valence-corrected chi connectivity index (χ1v) is 10.4. The van der Waals surface area contributed by atoms with Crippen molar-refractivity contribution in [3.63, 3.8) is 0 Å². The summed E-state index contributed by atoms with van der Waals surface area (Å²) in [6.45, 7) is 11.4. The summed E-state index contributed by atoms with van der Waals surface area (Å²) in [4.78, 5) is 25.5. The van der Waals surface area contributed by atoms with Gasteiger partial charge in [0.25, 0.3) is 0 Å². The molecule has 2 saturated heterocycles. The summed E-state index contributed by atoms with van der Waals surface area (Å²) >= 11 is 0. The average Bonchev–Trinajstić information content (AvgIpc) is 3.43. The van der Waals surface area contributed by atoms with E-state index in [4.69, 9.17) is 9.31 Å². The van der Waals surface area contributed by atoms with E-state index >= 15 is 0 Å². The third-order valence-corrected chi connectivity index (χ3v) is 6.59. The molecule has 3 heterocycles. The Balaban J connectivity index is 1.51. The fourth-order valence-electron chi connectivity index (χ4n) is 4.01. The molecule has 1 atom stereocenters. The highest BCUT2D eigenvalue weighted by Crippen LogP contribution is 2.37. The van der Waals surface area contributed by atoms with Crippen molar-refractivity contribution in [1.82, 2.24) is 14.9 Å². The zero-order valence-electron chi connectivity index (χ0n) is 17.6. The molecule has 1 unspecified atom stereocenters. The van der Waals surface area contributed by atoms with Crippen LogP contribution in [0.15, 0.2) is 12.4 Å². The van der Waals surface area contributed by atoms with Gasteiger partial charge in [-0.15, -0.1) is 0 Å². The predicted octanol–water partition coefficient (Wildman–Crippen LogP) is 1.76. The Morgan fingerprint density at radius 1 is 1.11 bits per heavy atom. The molecule has 7 nitrogen and oxygen atoms in total. The fraction of sp³-hybridized carbons (Fsp3) is 0.750. The third kappa shape index (κ3) is 3.64. The number of anilines is 1. The van der Waals surface area contributed by atoms with Gasteiger partial charge in [-0.3, -0.25) is 4.79 Å². The number of amides is 1. The average molecular weight is 386 g/mol. The Kier molecular flexibility index (Phi) is 4.90. The number of piperidine rings is 1. The smallest absolute Gasteiger partial charge is 0.399 e. The molecule has 3 aliphatic rings. The summed E-state index contributed by atoms with van der Waals surface area (Å²) in [6, 6.07) is 0.771. The molecular weight excluding hydrogens is 355 g/mol. The van der Waals surface area contributed by atoms with Crippen LogP contribution in [-0.2, 0) is 14.1 Å². The standard InChI is InChI=1S/C20H31BN4O3/c1-14(26)24-10-6-7-17(13-24)25(16-8-9-16)18-22-11-15(12-23-18)21-27-19(2,3)20(4,5)28-21/h11-12,16-17H,6-10,13H2,1-5H3. The number of rotatable bonds is 4. The molecule has 1 aromatic heterocycles. The maximum atomic E-state index is 11.8. The monoisotopic (exact) mass is 386 g/mol. The summed E-state index contributed by atoms with van der Waals surface area (Å²) in [5, 5.41) is 0. The van der Waals surface area contributed by atoms with Crippen molar-refractivity contribution in [2.24, 2.45) is 0 Å². The number of aromatic nitrogens is 2. The molecule has 28 heavy (non-hydrogen) atoms. The zero-order chi connectivity index (χ0) is 20.1. The van der Waals surface area contributed by atoms with E-state index in [0.29, 0.717) is 6.04 Å². The molecule has 3 fully saturated rings. The second-order valence-electron chi connectivity index (χ2n) is 9.30. The van der Waals surface area contributed by atoms with Gasteiger partial charge in [0.05, 0.1) is 11.2 Å². The Labute approximate surface area is 167 Å². The van der Waals surface area contributed by atoms with Crippen LogP contribution in [0.3, 0.4) is 0 Å². The Morgan fingerprint density at radius 2 is 1.71 bits per heavy atom. The first-order valence-electron chi connectivity index (χ1n) is 10.4. The molecule has 1 aliphatic carbocycles. The second-order valence-corrected chi connectivity index (χ2v) is 9.30. The van der Waals surface area contributed by atoms with Crippen molar-refractivity contribution in [2.75, 3.05) is 18.0 Å². The molecule has 0 bridgehead atoms. The molecule has 152 valence electrons. The molecule has 4 rings (SSSR count). The minimum absolute atomic E-state index is 0.150. The first kappa shape index (κ1) is 19.6. The van der Waals surface area contributed by atoms with Gasteiger partial charge in [0.15, 0.2) is 0 Å². The maximum absolute atomic E-state index is 11.8. The predicted molar refractivity (Wildman–Crippen MR) is 109 cm³/mol. The highest BCUT2D eigenvalue weighted by atomic mass is 16.7. The lowest BCUT2D eigenvalue weighted by molar-refractivity contribution is -0.130. The summed E-state index contributed by atoms with van der Waals surface area (Å²) in [5.41, 5.74) is 0.0793. The molecule has 1 saturated carbocycles. The largest absolute Gasteiger partial charge is 0.498 e. The highest BCUT2D eigenvalue weighted by Gasteiger charge is 2.52. The Hall–Kier alpha value is -1.67. The van der Waals surface area contributed by atoms with Gasteiger partial charge in [-0.25, -0.2) is 9.97 Å². The lowest BCUT2D eigenvalue weighted by Crippen LogP contribution is -2.51. The first-order chi connectivity index (χ1) is 13.2. The van der Waals surface area contributed by atoms with Crippen LogP contribution in [0.5, 0.6) is 0 Å². The summed E-state index contributed by atoms with van der Waals surface area (Å²) in [7, 11) is -0.448. The van der Waals surface area contributed by atoms with Gasteiger partial charge >= 0.3 is 7.12 Å². The minimum atomic E-state index is -0.448. The van der Waals surface area contributed by atoms with Gasteiger partial charge in [-0.1, -0.05) is 0 Å². The molecule has 0 spiro atoms. The lowest BCUT2D eigenvalue weighted by atomic mass is 9.81. The highest BCUT2D eigenvalue weighted by molar-refractivity contribution is 6.61. The van der Waals surface area contributed by atoms with Crippen LogP contribution in [0.1, 0.15) is 60.3 Å². The van der Waals surface area contributed by atoms with Gasteiger partial charge in [0.1, 0.15) is 0 Å². The van der Waals surface area contributed by atoms with Gasteiger partial charge in [-0.2, -0.15) is 0 Å². The molecule has 1 amide bonds. The van der Waals surface area contributed by atoms with Crippen LogP contribution in [-0.4, -0.2) is 64.3 Å². The number of carbonyl (C=O) groups is 1. The number of hydrogen-bond donors (Lipinski definition) is 0. The van der Waals surface area contributed by atoms with Crippen molar-refractivity contribution in [3.05, 3.63) is 12.4 Å². The van der Waals surface area contributed by atoms with Gasteiger partial charge in [-0.05, 0) is 53.4 Å². The summed E-state index contributed by atoms with van der Waals surface area (Å²) in [5.74, 6) is 0.899. The summed E-state index contributed by atoms with van der Waals surface area (Å²) < 4.78 is 12.2. The van der Waals surface area contributed by atoms with Crippen LogP contribution in [0.2, 0.25) is 0 Å². The van der Waals surface area contributed by atoms with E-state index in [0.717, 1.165) is 37.3 Å². The molecule has 0 radical (unpaired) electrons. The number of carbonyl (C=O) groups excluding carboxylic acids is 1. The zero-order valence-corrected chi connectivity index (χ0v) is 17.6. The normalized spacial score (nSPS) is 26.4. The lowest BCUT2D eigenvalue weighted by Gasteiger charge is -2.39. The molecule has 1 aromatic rings. The Bertz CT molecular complexity index is 719. The van der Waals surface area contributed by atoms with E-state index in [1.807, 2.05) is 45.0 Å². The Morgan fingerprint density at radius 3 is 2.25 bits per heavy atom. The van der Waals surface area contributed by atoms with Gasteiger partial charge < -0.3 is 19.1 Å². The van der Waals surface area contributed by atoms with Crippen LogP contribution in [0.4, 0.5) is 5.95 Å². The maximum Gasteiger partial charge on any atom is 0.498 e. The van der Waals surface area contributed by atoms with Crippen LogP contribution >= 0.6 is 0 Å². The van der Waals surface area contributed by atoms with Crippen molar-refractivity contribution >= 4 is 24.4 Å². The molecule has 2 aliphatic heterocycles. The van der Waals surface area contributed by atoms with E-state index in [9.17, 15) is 4.79 Å². The molecule has 0 aromatic carbocycles. The third-order valence-electron chi connectivity index (χ3n) is 6.59. The molecule has 0 N–H and O–H groups in total. The summed E-state index contributed by atoms with van der Waals surface area (Å²) in [6.07, 6.45) is 8.08. The van der Waals surface area contributed by atoms with Crippen LogP contribution in [0, 0.1) is 0 Å². The second kappa shape index (κ2) is 6.99. The van der Waals surface area contributed by atoms with Gasteiger partial charge in [0.2, 0.25) is 11.9 Å². The van der Waals surface area contributed by atoms with Crippen molar-refractivity contribution in [3.8, 4) is 0 Å². The van der Waals surface area contributed by atoms with E-state index in [-0.39, 0.29) is 23.2 Å². The van der Waals surface area contributed by atoms with Gasteiger partial charge in [0, 0.05) is 50.0 Å². The van der Waals surface area contributed by atoms with Crippen molar-refractivity contribution < 1.29 is 14.1 Å². The van der Waals surface area contributed by atoms with Crippen molar-refractivity contribution in [1.29, 1.82) is 0 Å². The van der Waals surface area contributed by atoms with E-state index in [2.05, 4.69) is 14.9 Å². The van der Waals surface area contributed by atoms with Crippen molar-refractivity contribution in [2.45, 2.75) is 83.6 Å². The fourth-order valence-corrected chi connectivity index (χ4v) is 4.01. The van der Waals surface area contributed by atoms with Crippen LogP contribution < -0.4 is 10.4 Å². The number of nitrogens with zero attached hydrogens (tertiary/aromatic N) is 4. The number of likely N-dealkylation sites (tertiary alicyclic amines) is 1. The van der Waals surface area contributed by atoms with E-state index in [1.165, 1.54) is 12.8 Å².